The number of aromatic nitrogens is 4. The Morgan fingerprint density at radius 1 is 1.05 bits per heavy atom. The molecule has 3 atom stereocenters. The van der Waals surface area contributed by atoms with Gasteiger partial charge in [0, 0.05) is 74.0 Å². The highest BCUT2D eigenvalue weighted by atomic mass is 32.3. The number of halogens is 1. The topological polar surface area (TPSA) is 238 Å². The van der Waals surface area contributed by atoms with Crippen molar-refractivity contribution >= 4 is 39.3 Å². The number of hydrogen-bond donors (Lipinski definition) is 3. The van der Waals surface area contributed by atoms with E-state index in [-0.39, 0.29) is 56.3 Å². The number of anilines is 1. The van der Waals surface area contributed by atoms with E-state index in [9.17, 15) is 26.7 Å². The highest BCUT2D eigenvalue weighted by Gasteiger charge is 2.38. The van der Waals surface area contributed by atoms with Crippen molar-refractivity contribution in [1.82, 2.24) is 35.1 Å². The van der Waals surface area contributed by atoms with Crippen LogP contribution in [0.3, 0.4) is 0 Å². The highest BCUT2D eigenvalue weighted by molar-refractivity contribution is 7.86. The zero-order chi connectivity index (χ0) is 41.6. The molecule has 59 heavy (non-hydrogen) atoms. The number of carbonyl (C=O) groups is 2. The molecule has 2 amide bonds. The molecule has 0 radical (unpaired) electrons. The Hall–Kier alpha value is -5.31. The molecule has 6 rings (SSSR count). The SMILES string of the molecule is [N-]=[N+]=N[C@H]1C[C@@H](C(=O)NCCOCCOCCNc2ncc(CN3CCCC(c4nc(-c5cccs5)cc(=O)[nH]4)C3)cn2)N(C(=O)CCc2ccc(S(=O)(=O)F)cc2)C1. The van der Waals surface area contributed by atoms with Gasteiger partial charge in [-0.15, -0.1) is 15.2 Å². The predicted octanol–water partition coefficient (Wildman–Crippen LogP) is 3.80. The molecule has 0 bridgehead atoms. The first-order valence-corrected chi connectivity index (χ1v) is 21.5. The van der Waals surface area contributed by atoms with Crippen molar-refractivity contribution < 1.29 is 31.4 Å². The van der Waals surface area contributed by atoms with Gasteiger partial charge in [0.1, 0.15) is 11.9 Å². The summed E-state index contributed by atoms with van der Waals surface area (Å²) in [7, 11) is -4.82. The number of benzene rings is 1. The molecule has 21 heteroatoms. The quantitative estimate of drug-likeness (QED) is 0.0379. The van der Waals surface area contributed by atoms with E-state index >= 15 is 0 Å². The van der Waals surface area contributed by atoms with Gasteiger partial charge in [0.05, 0.1) is 47.9 Å². The van der Waals surface area contributed by atoms with E-state index in [2.05, 4.69) is 40.5 Å². The average Bonchev–Trinajstić information content (AvgIpc) is 3.93. The van der Waals surface area contributed by atoms with Crippen LogP contribution in [-0.4, -0.2) is 121 Å². The summed E-state index contributed by atoms with van der Waals surface area (Å²) in [6.07, 6.45) is 6.01. The van der Waals surface area contributed by atoms with Crippen molar-refractivity contribution in [3.8, 4) is 10.6 Å². The number of H-pyrrole nitrogens is 1. The summed E-state index contributed by atoms with van der Waals surface area (Å²) < 4.78 is 46.5. The van der Waals surface area contributed by atoms with Gasteiger partial charge in [0.15, 0.2) is 0 Å². The first kappa shape index (κ1) is 43.3. The minimum Gasteiger partial charge on any atom is -0.377 e. The van der Waals surface area contributed by atoms with Crippen LogP contribution in [0.15, 0.2) is 75.0 Å². The van der Waals surface area contributed by atoms with Crippen molar-refractivity contribution in [2.45, 2.75) is 61.5 Å². The number of carbonyl (C=O) groups excluding carboxylic acids is 2. The van der Waals surface area contributed by atoms with E-state index in [1.165, 1.54) is 17.0 Å². The molecule has 3 N–H and O–H groups in total. The van der Waals surface area contributed by atoms with Gasteiger partial charge >= 0.3 is 10.2 Å². The van der Waals surface area contributed by atoms with E-state index in [0.29, 0.717) is 50.1 Å². The van der Waals surface area contributed by atoms with E-state index < -0.39 is 33.1 Å². The van der Waals surface area contributed by atoms with Crippen LogP contribution in [0.2, 0.25) is 0 Å². The van der Waals surface area contributed by atoms with Gasteiger partial charge in [-0.1, -0.05) is 23.3 Å². The monoisotopic (exact) mass is 851 g/mol. The fraction of sp³-hybridized carbons (Fsp3) is 0.474. The molecule has 2 aliphatic rings. The molecular formula is C38H46FN11O7S2. The average molecular weight is 852 g/mol. The minimum absolute atomic E-state index is 0.0178. The lowest BCUT2D eigenvalue weighted by molar-refractivity contribution is -0.138. The van der Waals surface area contributed by atoms with Crippen LogP contribution >= 0.6 is 11.3 Å². The van der Waals surface area contributed by atoms with Gasteiger partial charge in [0.2, 0.25) is 17.8 Å². The molecule has 314 valence electrons. The van der Waals surface area contributed by atoms with E-state index in [0.717, 1.165) is 54.3 Å². The number of amides is 2. The molecule has 0 spiro atoms. The Kier molecular flexibility index (Phi) is 15.5. The number of hydrogen-bond acceptors (Lipinski definition) is 14. The summed E-state index contributed by atoms with van der Waals surface area (Å²) in [5, 5.41) is 11.6. The summed E-state index contributed by atoms with van der Waals surface area (Å²) >= 11 is 1.56. The van der Waals surface area contributed by atoms with Crippen molar-refractivity contribution in [3.63, 3.8) is 0 Å². The van der Waals surface area contributed by atoms with E-state index in [1.807, 2.05) is 17.5 Å². The molecule has 3 aromatic heterocycles. The number of aryl methyl sites for hydroxylation is 1. The number of aromatic amines is 1. The molecule has 1 unspecified atom stereocenters. The second kappa shape index (κ2) is 21.1. The van der Waals surface area contributed by atoms with E-state index in [1.54, 1.807) is 29.8 Å². The number of thiophene rings is 1. The predicted molar refractivity (Wildman–Crippen MR) is 217 cm³/mol. The zero-order valence-electron chi connectivity index (χ0n) is 32.2. The number of azide groups is 1. The molecule has 18 nitrogen and oxygen atoms in total. The molecule has 0 aliphatic carbocycles. The third kappa shape index (κ3) is 12.8. The van der Waals surface area contributed by atoms with Gasteiger partial charge in [-0.3, -0.25) is 19.3 Å². The van der Waals surface area contributed by atoms with Crippen LogP contribution in [0, 0.1) is 0 Å². The Balaban J connectivity index is 0.831. The molecule has 4 aromatic rings. The maximum Gasteiger partial charge on any atom is 0.332 e. The molecule has 1 aromatic carbocycles. The first-order chi connectivity index (χ1) is 28.6. The zero-order valence-corrected chi connectivity index (χ0v) is 33.9. The highest BCUT2D eigenvalue weighted by Crippen LogP contribution is 2.28. The summed E-state index contributed by atoms with van der Waals surface area (Å²) in [5.41, 5.74) is 11.1. The smallest absolute Gasteiger partial charge is 0.332 e. The van der Waals surface area contributed by atoms with Crippen LogP contribution in [-0.2, 0) is 42.3 Å². The van der Waals surface area contributed by atoms with Gasteiger partial charge in [-0.25, -0.2) is 15.0 Å². The molecule has 2 fully saturated rings. The molecule has 2 saturated heterocycles. The van der Waals surface area contributed by atoms with Crippen LogP contribution in [0.1, 0.15) is 48.6 Å². The maximum atomic E-state index is 13.2. The van der Waals surface area contributed by atoms with Crippen LogP contribution in [0.4, 0.5) is 9.83 Å². The maximum absolute atomic E-state index is 13.2. The first-order valence-electron chi connectivity index (χ1n) is 19.3. The van der Waals surface area contributed by atoms with Gasteiger partial charge in [-0.05, 0) is 66.9 Å². The molecule has 5 heterocycles. The van der Waals surface area contributed by atoms with Crippen molar-refractivity contribution in [1.29, 1.82) is 0 Å². The Bertz CT molecular complexity index is 2220. The summed E-state index contributed by atoms with van der Waals surface area (Å²) in [6.45, 7) is 4.43. The minimum atomic E-state index is -4.82. The molecule has 0 saturated carbocycles. The Morgan fingerprint density at radius 2 is 1.81 bits per heavy atom. The van der Waals surface area contributed by atoms with Gasteiger partial charge in [0.25, 0.3) is 5.56 Å². The third-order valence-corrected chi connectivity index (χ3v) is 11.7. The van der Waals surface area contributed by atoms with Crippen molar-refractivity contribution in [2.75, 3.05) is 64.5 Å². The van der Waals surface area contributed by atoms with Crippen LogP contribution in [0.25, 0.3) is 21.0 Å². The lowest BCUT2D eigenvalue weighted by Gasteiger charge is -2.32. The van der Waals surface area contributed by atoms with Crippen LogP contribution in [0.5, 0.6) is 0 Å². The Morgan fingerprint density at radius 3 is 2.53 bits per heavy atom. The second-order valence-electron chi connectivity index (χ2n) is 14.2. The molecular weight excluding hydrogens is 806 g/mol. The van der Waals surface area contributed by atoms with Crippen molar-refractivity contribution in [3.05, 3.63) is 98.0 Å². The summed E-state index contributed by atoms with van der Waals surface area (Å²) in [4.78, 5) is 62.2. The standard InChI is InChI=1S/C38H46FN11O7S2/c39-59(54,55)30-8-5-26(6-9-30)7-10-35(52)50-25-29(47-48-40)19-32(50)37(53)41-11-14-56-16-17-57-15-12-42-38-43-21-27(22-44-38)23-49-13-1-3-28(24-49)36-45-31(20-34(51)46-36)33-4-2-18-58-33/h2,4-6,8-9,18,20-22,28-29,32H,1,3,7,10-17,19,23-25H2,(H,41,53)(H,42,43,44)(H,45,46,51)/t28?,29-,32-/m0/s1. The number of nitrogens with zero attached hydrogens (tertiary/aromatic N) is 8. The van der Waals surface area contributed by atoms with E-state index in [4.69, 9.17) is 20.0 Å². The number of rotatable bonds is 20. The lowest BCUT2D eigenvalue weighted by Crippen LogP contribution is -2.46. The largest absolute Gasteiger partial charge is 0.377 e. The number of nitrogens with one attached hydrogen (secondary N) is 3. The third-order valence-electron chi connectivity index (χ3n) is 9.93. The van der Waals surface area contributed by atoms with Crippen molar-refractivity contribution in [2.24, 2.45) is 5.11 Å². The lowest BCUT2D eigenvalue weighted by atomic mass is 9.96. The fourth-order valence-electron chi connectivity index (χ4n) is 7.06. The second-order valence-corrected chi connectivity index (χ2v) is 16.5. The van der Waals surface area contributed by atoms with Gasteiger partial charge in [-0.2, -0.15) is 8.42 Å². The normalized spacial score (nSPS) is 18.3. The van der Waals surface area contributed by atoms with Gasteiger partial charge < -0.3 is 30.0 Å². The fourth-order valence-corrected chi connectivity index (χ4v) is 8.21. The number of piperidine rings is 1. The number of ether oxygens (including phenoxy) is 2. The summed E-state index contributed by atoms with van der Waals surface area (Å²) in [5.74, 6) is 0.626. The summed E-state index contributed by atoms with van der Waals surface area (Å²) in [6, 6.07) is 9.21. The number of likely N-dealkylation sites (tertiary alicyclic amines) is 2. The van der Waals surface area contributed by atoms with Crippen LogP contribution < -0.4 is 16.2 Å². The molecule has 2 aliphatic heterocycles. The Labute approximate surface area is 344 Å².